The minimum Gasteiger partial charge on any atom is -0.399 e. The van der Waals surface area contributed by atoms with Crippen molar-refractivity contribution in [1.29, 1.82) is 0 Å². The van der Waals surface area contributed by atoms with E-state index < -0.39 is 0 Å². The Bertz CT molecular complexity index is 360. The van der Waals surface area contributed by atoms with Crippen LogP contribution in [-0.2, 0) is 4.79 Å². The molecule has 2 N–H and O–H groups in total. The number of carbonyl (C=O) groups excluding carboxylic acids is 1. The van der Waals surface area contributed by atoms with Crippen LogP contribution in [0.5, 0.6) is 0 Å². The lowest BCUT2D eigenvalue weighted by Gasteiger charge is -2.22. The van der Waals surface area contributed by atoms with E-state index in [0.717, 1.165) is 23.7 Å². The molecule has 94 valence electrons. The Kier molecular flexibility index (Phi) is 5.35. The molecule has 1 unspecified atom stereocenters. The van der Waals surface area contributed by atoms with Crippen molar-refractivity contribution >= 4 is 23.4 Å². The molecule has 0 saturated heterocycles. The minimum atomic E-state index is -0.0569. The molecule has 17 heavy (non-hydrogen) atoms. The van der Waals surface area contributed by atoms with E-state index in [-0.39, 0.29) is 11.2 Å². The van der Waals surface area contributed by atoms with E-state index in [2.05, 4.69) is 0 Å². The molecule has 0 aliphatic heterocycles. The summed E-state index contributed by atoms with van der Waals surface area (Å²) in [5.41, 5.74) is 6.37. The van der Waals surface area contributed by atoms with Gasteiger partial charge in [-0.25, -0.2) is 0 Å². The van der Waals surface area contributed by atoms with E-state index in [1.54, 1.807) is 11.8 Å². The molecule has 0 spiro atoms. The summed E-state index contributed by atoms with van der Waals surface area (Å²) < 4.78 is 0. The van der Waals surface area contributed by atoms with Gasteiger partial charge in [0.05, 0.1) is 5.25 Å². The normalized spacial score (nSPS) is 12.2. The molecule has 1 rings (SSSR count). The number of nitrogens with two attached hydrogens (primary N) is 1. The molecule has 4 heteroatoms. The Morgan fingerprint density at radius 1 is 1.29 bits per heavy atom. The smallest absolute Gasteiger partial charge is 0.235 e. The van der Waals surface area contributed by atoms with Gasteiger partial charge in [0, 0.05) is 23.7 Å². The van der Waals surface area contributed by atoms with Gasteiger partial charge in [-0.05, 0) is 45.0 Å². The number of carbonyl (C=O) groups is 1. The third-order valence-corrected chi connectivity index (χ3v) is 3.72. The number of hydrogen-bond acceptors (Lipinski definition) is 3. The first kappa shape index (κ1) is 13.9. The Morgan fingerprint density at radius 2 is 1.82 bits per heavy atom. The van der Waals surface area contributed by atoms with E-state index in [1.807, 2.05) is 49.9 Å². The van der Waals surface area contributed by atoms with E-state index in [4.69, 9.17) is 5.73 Å². The van der Waals surface area contributed by atoms with E-state index in [1.165, 1.54) is 0 Å². The van der Waals surface area contributed by atoms with Crippen LogP contribution < -0.4 is 5.73 Å². The lowest BCUT2D eigenvalue weighted by Crippen LogP contribution is -2.36. The molecule has 1 amide bonds. The lowest BCUT2D eigenvalue weighted by molar-refractivity contribution is -0.129. The quantitative estimate of drug-likeness (QED) is 0.647. The van der Waals surface area contributed by atoms with Crippen molar-refractivity contribution in [2.24, 2.45) is 0 Å². The van der Waals surface area contributed by atoms with Crippen molar-refractivity contribution in [2.75, 3.05) is 18.8 Å². The maximum absolute atomic E-state index is 12.1. The molecular formula is C13H20N2OS. The van der Waals surface area contributed by atoms with Gasteiger partial charge in [-0.2, -0.15) is 0 Å². The van der Waals surface area contributed by atoms with Gasteiger partial charge in [0.1, 0.15) is 0 Å². The number of rotatable bonds is 5. The fourth-order valence-corrected chi connectivity index (χ4v) is 2.54. The molecule has 1 atom stereocenters. The predicted octanol–water partition coefficient (Wildman–Crippen LogP) is 2.62. The van der Waals surface area contributed by atoms with Crippen molar-refractivity contribution in [3.63, 3.8) is 0 Å². The topological polar surface area (TPSA) is 46.3 Å². The molecule has 0 bridgehead atoms. The van der Waals surface area contributed by atoms with E-state index in [0.29, 0.717) is 0 Å². The zero-order valence-corrected chi connectivity index (χ0v) is 11.5. The van der Waals surface area contributed by atoms with Crippen LogP contribution in [-0.4, -0.2) is 29.1 Å². The number of nitrogens with zero attached hydrogens (tertiary/aromatic N) is 1. The number of amides is 1. The first-order valence-corrected chi connectivity index (χ1v) is 6.77. The first-order chi connectivity index (χ1) is 8.08. The molecular weight excluding hydrogens is 232 g/mol. The van der Waals surface area contributed by atoms with E-state index >= 15 is 0 Å². The van der Waals surface area contributed by atoms with Gasteiger partial charge in [0.25, 0.3) is 0 Å². The number of benzene rings is 1. The van der Waals surface area contributed by atoms with Crippen molar-refractivity contribution in [3.05, 3.63) is 24.3 Å². The maximum Gasteiger partial charge on any atom is 0.235 e. The molecule has 0 aromatic heterocycles. The standard InChI is InChI=1S/C13H20N2OS/c1-4-15(5-2)13(16)10(3)17-12-8-6-11(14)7-9-12/h6-10H,4-5,14H2,1-3H3. The van der Waals surface area contributed by atoms with Crippen LogP contribution in [0.3, 0.4) is 0 Å². The zero-order chi connectivity index (χ0) is 12.8. The second kappa shape index (κ2) is 6.55. The van der Waals surface area contributed by atoms with Crippen LogP contribution in [0.2, 0.25) is 0 Å². The van der Waals surface area contributed by atoms with Gasteiger partial charge in [-0.15, -0.1) is 11.8 Å². The molecule has 0 radical (unpaired) electrons. The molecule has 0 fully saturated rings. The fourth-order valence-electron chi connectivity index (χ4n) is 1.59. The van der Waals surface area contributed by atoms with Crippen LogP contribution in [0.4, 0.5) is 5.69 Å². The number of nitrogen functional groups attached to an aromatic ring is 1. The van der Waals surface area contributed by atoms with Crippen molar-refractivity contribution in [1.82, 2.24) is 4.90 Å². The Labute approximate surface area is 107 Å². The fraction of sp³-hybridized carbons (Fsp3) is 0.462. The Morgan fingerprint density at radius 3 is 2.29 bits per heavy atom. The highest BCUT2D eigenvalue weighted by atomic mass is 32.2. The summed E-state index contributed by atoms with van der Waals surface area (Å²) in [5, 5.41) is -0.0569. The third-order valence-electron chi connectivity index (χ3n) is 2.62. The highest BCUT2D eigenvalue weighted by Gasteiger charge is 2.18. The maximum atomic E-state index is 12.1. The van der Waals surface area contributed by atoms with Crippen LogP contribution in [0.1, 0.15) is 20.8 Å². The van der Waals surface area contributed by atoms with Crippen LogP contribution in [0, 0.1) is 0 Å². The largest absolute Gasteiger partial charge is 0.399 e. The van der Waals surface area contributed by atoms with Crippen LogP contribution in [0.15, 0.2) is 29.2 Å². The first-order valence-electron chi connectivity index (χ1n) is 5.89. The summed E-state index contributed by atoms with van der Waals surface area (Å²) in [6.45, 7) is 7.48. The van der Waals surface area contributed by atoms with Gasteiger partial charge in [-0.3, -0.25) is 4.79 Å². The molecule has 1 aromatic carbocycles. The van der Waals surface area contributed by atoms with Gasteiger partial charge in [0.15, 0.2) is 0 Å². The molecule has 0 saturated carbocycles. The van der Waals surface area contributed by atoms with Crippen LogP contribution >= 0.6 is 11.8 Å². The summed E-state index contributed by atoms with van der Waals surface area (Å²) in [6.07, 6.45) is 0. The molecule has 0 heterocycles. The molecule has 1 aromatic rings. The minimum absolute atomic E-state index is 0.0569. The summed E-state index contributed by atoms with van der Waals surface area (Å²) in [6, 6.07) is 7.62. The van der Waals surface area contributed by atoms with Crippen molar-refractivity contribution < 1.29 is 4.79 Å². The number of anilines is 1. The summed E-state index contributed by atoms with van der Waals surface area (Å²) in [5.74, 6) is 0.192. The van der Waals surface area contributed by atoms with Gasteiger partial charge >= 0.3 is 0 Å². The second-order valence-electron chi connectivity index (χ2n) is 3.84. The lowest BCUT2D eigenvalue weighted by atomic mass is 10.3. The molecule has 0 aliphatic carbocycles. The van der Waals surface area contributed by atoms with Crippen molar-refractivity contribution in [2.45, 2.75) is 30.9 Å². The highest BCUT2D eigenvalue weighted by Crippen LogP contribution is 2.25. The zero-order valence-electron chi connectivity index (χ0n) is 10.6. The highest BCUT2D eigenvalue weighted by molar-refractivity contribution is 8.00. The molecule has 0 aliphatic rings. The van der Waals surface area contributed by atoms with Crippen molar-refractivity contribution in [3.8, 4) is 0 Å². The van der Waals surface area contributed by atoms with Crippen LogP contribution in [0.25, 0.3) is 0 Å². The van der Waals surface area contributed by atoms with E-state index in [9.17, 15) is 4.79 Å². The third kappa shape index (κ3) is 3.97. The van der Waals surface area contributed by atoms with Gasteiger partial charge < -0.3 is 10.6 Å². The van der Waals surface area contributed by atoms with Gasteiger partial charge in [-0.1, -0.05) is 0 Å². The number of thioether (sulfide) groups is 1. The second-order valence-corrected chi connectivity index (χ2v) is 5.25. The Balaban J connectivity index is 2.62. The average Bonchev–Trinajstić information content (AvgIpc) is 2.33. The number of hydrogen-bond donors (Lipinski definition) is 1. The summed E-state index contributed by atoms with van der Waals surface area (Å²) >= 11 is 1.57. The predicted molar refractivity (Wildman–Crippen MR) is 74.1 cm³/mol. The monoisotopic (exact) mass is 252 g/mol. The Hall–Kier alpha value is -1.16. The SMILES string of the molecule is CCN(CC)C(=O)C(C)Sc1ccc(N)cc1. The summed E-state index contributed by atoms with van der Waals surface area (Å²) in [7, 11) is 0. The molecule has 3 nitrogen and oxygen atoms in total. The summed E-state index contributed by atoms with van der Waals surface area (Å²) in [4.78, 5) is 15.0. The average molecular weight is 252 g/mol. The van der Waals surface area contributed by atoms with Gasteiger partial charge in [0.2, 0.25) is 5.91 Å².